The second-order valence-corrected chi connectivity index (χ2v) is 4.89. The molecule has 78 valence electrons. The molecule has 0 aliphatic carbocycles. The van der Waals surface area contributed by atoms with Crippen LogP contribution in [0, 0.1) is 0 Å². The highest BCUT2D eigenvalue weighted by molar-refractivity contribution is 8.00. The summed E-state index contributed by atoms with van der Waals surface area (Å²) in [4.78, 5) is 1.10. The van der Waals surface area contributed by atoms with Crippen LogP contribution in [0.2, 0.25) is 0 Å². The summed E-state index contributed by atoms with van der Waals surface area (Å²) in [5.41, 5.74) is 6.73. The van der Waals surface area contributed by atoms with E-state index >= 15 is 0 Å². The summed E-state index contributed by atoms with van der Waals surface area (Å²) in [5, 5.41) is 0.536. The smallest absolute Gasteiger partial charge is 0.143 e. The topological polar surface area (TPSA) is 35.2 Å². The fraction of sp³-hybridized carbons (Fsp3) is 0.455. The fourth-order valence-corrected chi connectivity index (χ4v) is 2.05. The number of nitrogens with two attached hydrogens (primary N) is 1. The van der Waals surface area contributed by atoms with Gasteiger partial charge in [-0.1, -0.05) is 19.9 Å². The Balaban J connectivity index is 2.89. The predicted molar refractivity (Wildman–Crippen MR) is 63.0 cm³/mol. The van der Waals surface area contributed by atoms with Gasteiger partial charge >= 0.3 is 0 Å². The second-order valence-electron chi connectivity index (χ2n) is 3.27. The fourth-order valence-electron chi connectivity index (χ4n) is 1.16. The minimum Gasteiger partial charge on any atom is -0.492 e. The number of ether oxygens (including phenoxy) is 1. The largest absolute Gasteiger partial charge is 0.492 e. The Hall–Kier alpha value is -0.830. The zero-order valence-electron chi connectivity index (χ0n) is 8.91. The maximum Gasteiger partial charge on any atom is 0.143 e. The summed E-state index contributed by atoms with van der Waals surface area (Å²) in [6, 6.07) is 5.91. The number of nitrogen functional groups attached to an aromatic ring is 1. The first-order valence-electron chi connectivity index (χ1n) is 4.83. The van der Waals surface area contributed by atoms with Gasteiger partial charge in [0, 0.05) is 10.1 Å². The Kier molecular flexibility index (Phi) is 4.14. The Labute approximate surface area is 89.8 Å². The lowest BCUT2D eigenvalue weighted by atomic mass is 10.3. The Bertz CT molecular complexity index is 299. The molecule has 1 rings (SSSR count). The number of rotatable bonds is 4. The van der Waals surface area contributed by atoms with Crippen LogP contribution >= 0.6 is 11.8 Å². The summed E-state index contributed by atoms with van der Waals surface area (Å²) in [6.45, 7) is 6.91. The van der Waals surface area contributed by atoms with Crippen molar-refractivity contribution in [1.82, 2.24) is 0 Å². The molecule has 0 atom stereocenters. The number of para-hydroxylation sites is 1. The number of hydrogen-bond acceptors (Lipinski definition) is 3. The van der Waals surface area contributed by atoms with Crippen LogP contribution in [0.15, 0.2) is 23.1 Å². The lowest BCUT2D eigenvalue weighted by Gasteiger charge is -2.12. The van der Waals surface area contributed by atoms with Crippen LogP contribution in [0.25, 0.3) is 0 Å². The summed E-state index contributed by atoms with van der Waals surface area (Å²) < 4.78 is 5.42. The lowest BCUT2D eigenvalue weighted by Crippen LogP contribution is -1.99. The van der Waals surface area contributed by atoms with Crippen molar-refractivity contribution in [3.05, 3.63) is 18.2 Å². The van der Waals surface area contributed by atoms with Crippen molar-refractivity contribution in [2.75, 3.05) is 12.3 Å². The molecule has 0 bridgehead atoms. The minimum absolute atomic E-state index is 0.536. The van der Waals surface area contributed by atoms with E-state index in [0.717, 1.165) is 16.3 Å². The van der Waals surface area contributed by atoms with Crippen molar-refractivity contribution in [2.24, 2.45) is 0 Å². The summed E-state index contributed by atoms with van der Waals surface area (Å²) in [6.07, 6.45) is 0. The molecule has 0 unspecified atom stereocenters. The molecule has 1 aromatic carbocycles. The van der Waals surface area contributed by atoms with E-state index in [1.807, 2.05) is 25.1 Å². The molecule has 1 aromatic rings. The summed E-state index contributed by atoms with van der Waals surface area (Å²) in [7, 11) is 0. The van der Waals surface area contributed by atoms with Crippen LogP contribution in [0.5, 0.6) is 5.75 Å². The zero-order chi connectivity index (χ0) is 10.6. The average Bonchev–Trinajstić information content (AvgIpc) is 2.11. The molecule has 3 heteroatoms. The Morgan fingerprint density at radius 2 is 2.14 bits per heavy atom. The third-order valence-electron chi connectivity index (χ3n) is 1.69. The van der Waals surface area contributed by atoms with Gasteiger partial charge in [-0.05, 0) is 19.1 Å². The zero-order valence-corrected chi connectivity index (χ0v) is 9.73. The van der Waals surface area contributed by atoms with Crippen LogP contribution < -0.4 is 10.5 Å². The van der Waals surface area contributed by atoms with Gasteiger partial charge in [0.05, 0.1) is 12.3 Å². The van der Waals surface area contributed by atoms with Crippen molar-refractivity contribution in [1.29, 1.82) is 0 Å². The first-order chi connectivity index (χ1) is 6.65. The maximum absolute atomic E-state index is 5.97. The third kappa shape index (κ3) is 2.84. The quantitative estimate of drug-likeness (QED) is 0.613. The van der Waals surface area contributed by atoms with E-state index in [2.05, 4.69) is 13.8 Å². The molecular weight excluding hydrogens is 194 g/mol. The van der Waals surface area contributed by atoms with E-state index < -0.39 is 0 Å². The van der Waals surface area contributed by atoms with Crippen molar-refractivity contribution in [3.63, 3.8) is 0 Å². The van der Waals surface area contributed by atoms with Gasteiger partial charge in [0.2, 0.25) is 0 Å². The molecule has 0 saturated heterocycles. The van der Waals surface area contributed by atoms with Crippen molar-refractivity contribution in [2.45, 2.75) is 30.9 Å². The molecule has 2 nitrogen and oxygen atoms in total. The molecule has 14 heavy (non-hydrogen) atoms. The van der Waals surface area contributed by atoms with Crippen LogP contribution in [0.3, 0.4) is 0 Å². The van der Waals surface area contributed by atoms with Gasteiger partial charge in [0.25, 0.3) is 0 Å². The standard InChI is InChI=1S/C11H17NOS/c1-4-13-9-6-5-7-10(11(9)12)14-8(2)3/h5-8H,4,12H2,1-3H3. The van der Waals surface area contributed by atoms with Crippen molar-refractivity contribution in [3.8, 4) is 5.75 Å². The highest BCUT2D eigenvalue weighted by Crippen LogP contribution is 2.34. The predicted octanol–water partition coefficient (Wildman–Crippen LogP) is 3.17. The molecule has 0 spiro atoms. The van der Waals surface area contributed by atoms with E-state index in [1.165, 1.54) is 0 Å². The summed E-state index contributed by atoms with van der Waals surface area (Å²) >= 11 is 1.76. The summed E-state index contributed by atoms with van der Waals surface area (Å²) in [5.74, 6) is 0.790. The van der Waals surface area contributed by atoms with Gasteiger partial charge in [0.15, 0.2) is 0 Å². The van der Waals surface area contributed by atoms with E-state index in [4.69, 9.17) is 10.5 Å². The van der Waals surface area contributed by atoms with Crippen molar-refractivity contribution >= 4 is 17.4 Å². The van der Waals surface area contributed by atoms with Crippen LogP contribution in [0.4, 0.5) is 5.69 Å². The van der Waals surface area contributed by atoms with Crippen LogP contribution in [0.1, 0.15) is 20.8 Å². The van der Waals surface area contributed by atoms with Gasteiger partial charge in [-0.3, -0.25) is 0 Å². The highest BCUT2D eigenvalue weighted by atomic mass is 32.2. The molecule has 2 N–H and O–H groups in total. The number of hydrogen-bond donors (Lipinski definition) is 1. The molecular formula is C11H17NOS. The normalized spacial score (nSPS) is 10.6. The van der Waals surface area contributed by atoms with Gasteiger partial charge < -0.3 is 10.5 Å². The van der Waals surface area contributed by atoms with Crippen LogP contribution in [-0.2, 0) is 0 Å². The van der Waals surface area contributed by atoms with Gasteiger partial charge in [-0.15, -0.1) is 11.8 Å². The third-order valence-corrected chi connectivity index (χ3v) is 2.77. The van der Waals surface area contributed by atoms with E-state index in [-0.39, 0.29) is 0 Å². The van der Waals surface area contributed by atoms with E-state index in [1.54, 1.807) is 11.8 Å². The molecule has 0 saturated carbocycles. The molecule has 0 heterocycles. The van der Waals surface area contributed by atoms with Gasteiger partial charge in [-0.25, -0.2) is 0 Å². The van der Waals surface area contributed by atoms with Crippen LogP contribution in [-0.4, -0.2) is 11.9 Å². The second kappa shape index (κ2) is 5.15. The van der Waals surface area contributed by atoms with Gasteiger partial charge in [-0.2, -0.15) is 0 Å². The SMILES string of the molecule is CCOc1cccc(SC(C)C)c1N. The Morgan fingerprint density at radius 1 is 1.43 bits per heavy atom. The molecule has 0 aromatic heterocycles. The molecule has 0 amide bonds. The Morgan fingerprint density at radius 3 is 2.71 bits per heavy atom. The first-order valence-corrected chi connectivity index (χ1v) is 5.71. The highest BCUT2D eigenvalue weighted by Gasteiger charge is 2.07. The van der Waals surface area contributed by atoms with Gasteiger partial charge in [0.1, 0.15) is 5.75 Å². The maximum atomic E-state index is 5.97. The number of thioether (sulfide) groups is 1. The van der Waals surface area contributed by atoms with E-state index in [0.29, 0.717) is 11.9 Å². The minimum atomic E-state index is 0.536. The molecule has 0 aliphatic rings. The monoisotopic (exact) mass is 211 g/mol. The molecule has 0 fully saturated rings. The lowest BCUT2D eigenvalue weighted by molar-refractivity contribution is 0.341. The molecule has 0 aliphatic heterocycles. The molecule has 0 radical (unpaired) electrons. The number of anilines is 1. The number of benzene rings is 1. The van der Waals surface area contributed by atoms with E-state index in [9.17, 15) is 0 Å². The average molecular weight is 211 g/mol. The first kappa shape index (κ1) is 11.2. The van der Waals surface area contributed by atoms with Crippen molar-refractivity contribution < 1.29 is 4.74 Å².